The Bertz CT molecular complexity index is 1110. The van der Waals surface area contributed by atoms with Crippen LogP contribution in [0, 0.1) is 0 Å². The molecule has 0 bridgehead atoms. The lowest BCUT2D eigenvalue weighted by molar-refractivity contribution is -0.116. The number of anilines is 2. The van der Waals surface area contributed by atoms with Gasteiger partial charge >= 0.3 is 0 Å². The molecule has 0 fully saturated rings. The number of benzene rings is 3. The lowest BCUT2D eigenvalue weighted by Gasteiger charge is -2.17. The third-order valence-electron chi connectivity index (χ3n) is 5.58. The minimum absolute atomic E-state index is 0.0659. The lowest BCUT2D eigenvalue weighted by atomic mass is 10.1. The fourth-order valence-electron chi connectivity index (χ4n) is 3.78. The number of carbonyl (C=O) groups is 2. The van der Waals surface area contributed by atoms with E-state index in [1.165, 1.54) is 17.3 Å². The molecule has 1 aliphatic heterocycles. The minimum Gasteiger partial charge on any atom is -0.378 e. The van der Waals surface area contributed by atoms with E-state index < -0.39 is 0 Å². The van der Waals surface area contributed by atoms with Crippen molar-refractivity contribution in [3.63, 3.8) is 0 Å². The van der Waals surface area contributed by atoms with E-state index in [2.05, 4.69) is 11.4 Å². The zero-order valence-electron chi connectivity index (χ0n) is 18.4. The summed E-state index contributed by atoms with van der Waals surface area (Å²) in [5, 5.41) is 3.00. The summed E-state index contributed by atoms with van der Waals surface area (Å²) in [6.45, 7) is 1.17. The second-order valence-electron chi connectivity index (χ2n) is 7.95. The molecule has 0 spiro atoms. The Hall–Kier alpha value is -3.25. The Kier molecular flexibility index (Phi) is 6.81. The van der Waals surface area contributed by atoms with Crippen molar-refractivity contribution in [2.75, 3.05) is 36.2 Å². The van der Waals surface area contributed by atoms with Gasteiger partial charge < -0.3 is 15.1 Å². The molecule has 164 valence electrons. The number of thioether (sulfide) groups is 1. The van der Waals surface area contributed by atoms with Crippen molar-refractivity contribution < 1.29 is 9.59 Å². The van der Waals surface area contributed by atoms with Crippen molar-refractivity contribution in [3.8, 4) is 0 Å². The van der Waals surface area contributed by atoms with E-state index in [4.69, 9.17) is 0 Å². The molecule has 0 aromatic heterocycles. The highest BCUT2D eigenvalue weighted by Crippen LogP contribution is 2.29. The van der Waals surface area contributed by atoms with Gasteiger partial charge in [0, 0.05) is 43.5 Å². The van der Waals surface area contributed by atoms with E-state index in [-0.39, 0.29) is 11.8 Å². The summed E-state index contributed by atoms with van der Waals surface area (Å²) in [5.74, 6) is 0.227. The molecule has 0 saturated carbocycles. The summed E-state index contributed by atoms with van der Waals surface area (Å²) in [5.41, 5.74) is 4.97. The van der Waals surface area contributed by atoms with Gasteiger partial charge in [-0.25, -0.2) is 0 Å². The van der Waals surface area contributed by atoms with E-state index in [0.717, 1.165) is 28.3 Å². The van der Waals surface area contributed by atoms with Gasteiger partial charge in [-0.1, -0.05) is 42.5 Å². The number of carbonyl (C=O) groups excluding carboxylic acids is 2. The average Bonchev–Trinajstić information content (AvgIpc) is 3.26. The van der Waals surface area contributed by atoms with Gasteiger partial charge in [-0.05, 0) is 47.9 Å². The van der Waals surface area contributed by atoms with Gasteiger partial charge in [0.25, 0.3) is 5.91 Å². The summed E-state index contributed by atoms with van der Waals surface area (Å²) in [4.78, 5) is 30.4. The number of para-hydroxylation sites is 1. The molecule has 0 atom stereocenters. The van der Waals surface area contributed by atoms with Gasteiger partial charge in [0.15, 0.2) is 0 Å². The standard InChI is InChI=1S/C26H27N3O2S/c1-28(2)21-13-11-19(12-14-21)17-27-26(31)22-8-4-6-10-24(22)32-18-25(30)29-16-15-20-7-3-5-9-23(20)29/h3-14H,15-18H2,1-2H3,(H,27,31). The summed E-state index contributed by atoms with van der Waals surface area (Å²) in [7, 11) is 4.00. The maximum absolute atomic E-state index is 12.9. The average molecular weight is 446 g/mol. The maximum Gasteiger partial charge on any atom is 0.252 e. The van der Waals surface area contributed by atoms with Crippen molar-refractivity contribution in [1.82, 2.24) is 5.32 Å². The number of fused-ring (bicyclic) bond motifs is 1. The summed E-state index contributed by atoms with van der Waals surface area (Å²) in [6, 6.07) is 23.6. The zero-order valence-corrected chi connectivity index (χ0v) is 19.2. The highest BCUT2D eigenvalue weighted by Gasteiger charge is 2.24. The molecule has 5 nitrogen and oxygen atoms in total. The molecular formula is C26H27N3O2S. The zero-order chi connectivity index (χ0) is 22.5. The third-order valence-corrected chi connectivity index (χ3v) is 6.64. The van der Waals surface area contributed by atoms with Crippen LogP contribution in [-0.4, -0.2) is 38.2 Å². The van der Waals surface area contributed by atoms with Crippen LogP contribution in [0.1, 0.15) is 21.5 Å². The molecule has 4 rings (SSSR count). The molecule has 2 amide bonds. The van der Waals surface area contributed by atoms with Gasteiger partial charge in [0.1, 0.15) is 0 Å². The molecule has 1 aliphatic rings. The molecule has 6 heteroatoms. The van der Waals surface area contributed by atoms with E-state index in [1.54, 1.807) is 0 Å². The number of rotatable bonds is 7. The quantitative estimate of drug-likeness (QED) is 0.549. The van der Waals surface area contributed by atoms with Gasteiger partial charge in [-0.15, -0.1) is 11.8 Å². The first-order chi connectivity index (χ1) is 15.5. The second-order valence-corrected chi connectivity index (χ2v) is 8.97. The van der Waals surface area contributed by atoms with Crippen molar-refractivity contribution in [2.45, 2.75) is 17.9 Å². The highest BCUT2D eigenvalue weighted by atomic mass is 32.2. The van der Waals surface area contributed by atoms with Crippen molar-refractivity contribution in [2.24, 2.45) is 0 Å². The molecule has 1 N–H and O–H groups in total. The van der Waals surface area contributed by atoms with E-state index >= 15 is 0 Å². The second kappa shape index (κ2) is 9.92. The Balaban J connectivity index is 1.37. The Morgan fingerprint density at radius 2 is 1.69 bits per heavy atom. The SMILES string of the molecule is CN(C)c1ccc(CNC(=O)c2ccccc2SCC(=O)N2CCc3ccccc32)cc1. The highest BCUT2D eigenvalue weighted by molar-refractivity contribution is 8.00. The van der Waals surface area contributed by atoms with Gasteiger partial charge in [0.2, 0.25) is 5.91 Å². The molecule has 0 aliphatic carbocycles. The van der Waals surface area contributed by atoms with Crippen LogP contribution in [0.2, 0.25) is 0 Å². The summed E-state index contributed by atoms with van der Waals surface area (Å²) >= 11 is 1.41. The molecule has 3 aromatic carbocycles. The number of hydrogen-bond acceptors (Lipinski definition) is 4. The maximum atomic E-state index is 12.9. The van der Waals surface area contributed by atoms with Crippen LogP contribution < -0.4 is 15.1 Å². The van der Waals surface area contributed by atoms with Crippen molar-refractivity contribution in [1.29, 1.82) is 0 Å². The first-order valence-electron chi connectivity index (χ1n) is 10.7. The fourth-order valence-corrected chi connectivity index (χ4v) is 4.71. The van der Waals surface area contributed by atoms with E-state index in [0.29, 0.717) is 24.4 Å². The van der Waals surface area contributed by atoms with Crippen LogP contribution in [0.3, 0.4) is 0 Å². The third kappa shape index (κ3) is 4.97. The molecule has 0 unspecified atom stereocenters. The van der Waals surface area contributed by atoms with Gasteiger partial charge in [-0.2, -0.15) is 0 Å². The fraction of sp³-hybridized carbons (Fsp3) is 0.231. The van der Waals surface area contributed by atoms with Crippen molar-refractivity contribution in [3.05, 3.63) is 89.5 Å². The summed E-state index contributed by atoms with van der Waals surface area (Å²) in [6.07, 6.45) is 0.890. The first-order valence-corrected chi connectivity index (χ1v) is 11.7. The van der Waals surface area contributed by atoms with Crippen LogP contribution in [0.15, 0.2) is 77.7 Å². The summed E-state index contributed by atoms with van der Waals surface area (Å²) < 4.78 is 0. The van der Waals surface area contributed by atoms with Crippen molar-refractivity contribution >= 4 is 35.0 Å². The van der Waals surface area contributed by atoms with Crippen LogP contribution in [0.5, 0.6) is 0 Å². The number of amides is 2. The Labute approximate surface area is 193 Å². The first kappa shape index (κ1) is 22.0. The molecule has 1 heterocycles. The number of nitrogens with one attached hydrogen (secondary N) is 1. The van der Waals surface area contributed by atoms with Crippen LogP contribution in [0.25, 0.3) is 0 Å². The lowest BCUT2D eigenvalue weighted by Crippen LogP contribution is -2.30. The largest absolute Gasteiger partial charge is 0.378 e. The molecular weight excluding hydrogens is 418 g/mol. The minimum atomic E-state index is -0.135. The predicted molar refractivity (Wildman–Crippen MR) is 132 cm³/mol. The number of hydrogen-bond donors (Lipinski definition) is 1. The Morgan fingerprint density at radius 1 is 0.969 bits per heavy atom. The Morgan fingerprint density at radius 3 is 2.47 bits per heavy atom. The normalized spacial score (nSPS) is 12.4. The topological polar surface area (TPSA) is 52.7 Å². The smallest absolute Gasteiger partial charge is 0.252 e. The van der Waals surface area contributed by atoms with Crippen LogP contribution >= 0.6 is 11.8 Å². The molecule has 32 heavy (non-hydrogen) atoms. The van der Waals surface area contributed by atoms with E-state index in [9.17, 15) is 9.59 Å². The van der Waals surface area contributed by atoms with Crippen LogP contribution in [-0.2, 0) is 17.8 Å². The predicted octanol–water partition coefficient (Wildman–Crippen LogP) is 4.36. The van der Waals surface area contributed by atoms with Gasteiger partial charge in [-0.3, -0.25) is 9.59 Å². The number of nitrogens with zero attached hydrogens (tertiary/aromatic N) is 2. The van der Waals surface area contributed by atoms with Crippen LogP contribution in [0.4, 0.5) is 11.4 Å². The molecule has 0 saturated heterocycles. The van der Waals surface area contributed by atoms with Gasteiger partial charge in [0.05, 0.1) is 11.3 Å². The molecule has 0 radical (unpaired) electrons. The van der Waals surface area contributed by atoms with E-state index in [1.807, 2.05) is 90.6 Å². The molecule has 3 aromatic rings. The monoisotopic (exact) mass is 445 g/mol.